The van der Waals surface area contributed by atoms with Crippen molar-refractivity contribution in [1.29, 1.82) is 0 Å². The lowest BCUT2D eigenvalue weighted by Crippen LogP contribution is -2.48. The molecule has 1 aromatic carbocycles. The first-order valence-corrected chi connectivity index (χ1v) is 8.97. The van der Waals surface area contributed by atoms with Gasteiger partial charge < -0.3 is 9.64 Å². The topological polar surface area (TPSA) is 45.7 Å². The van der Waals surface area contributed by atoms with Gasteiger partial charge in [0.05, 0.1) is 24.9 Å². The average Bonchev–Trinajstić information content (AvgIpc) is 2.92. The number of rotatable bonds is 4. The van der Waals surface area contributed by atoms with Gasteiger partial charge in [0.2, 0.25) is 0 Å². The fraction of sp³-hybridized carbons (Fsp3) is 0.444. The summed E-state index contributed by atoms with van der Waals surface area (Å²) in [5, 5.41) is 1.16. The molecule has 1 fully saturated rings. The van der Waals surface area contributed by atoms with E-state index in [4.69, 9.17) is 4.74 Å². The normalized spacial score (nSPS) is 15.5. The van der Waals surface area contributed by atoms with E-state index < -0.39 is 0 Å². The Morgan fingerprint density at radius 2 is 1.92 bits per heavy atom. The van der Waals surface area contributed by atoms with Gasteiger partial charge in [0, 0.05) is 31.1 Å². The number of para-hydroxylation sites is 1. The minimum atomic E-state index is 0.0491. The van der Waals surface area contributed by atoms with Crippen LogP contribution in [-0.4, -0.2) is 54.0 Å². The van der Waals surface area contributed by atoms with Crippen molar-refractivity contribution in [2.24, 2.45) is 0 Å². The highest BCUT2D eigenvalue weighted by Crippen LogP contribution is 2.21. The van der Waals surface area contributed by atoms with Crippen molar-refractivity contribution in [3.05, 3.63) is 45.4 Å². The summed E-state index contributed by atoms with van der Waals surface area (Å²) >= 11 is 1.77. The van der Waals surface area contributed by atoms with Gasteiger partial charge >= 0.3 is 0 Å². The quantitative estimate of drug-likeness (QED) is 0.855. The highest BCUT2D eigenvalue weighted by molar-refractivity contribution is 7.11. The second-order valence-electron chi connectivity index (χ2n) is 6.02. The summed E-state index contributed by atoms with van der Waals surface area (Å²) in [4.78, 5) is 22.9. The van der Waals surface area contributed by atoms with E-state index in [0.717, 1.165) is 43.4 Å². The molecule has 5 nitrogen and oxygen atoms in total. The summed E-state index contributed by atoms with van der Waals surface area (Å²) < 4.78 is 5.31. The van der Waals surface area contributed by atoms with Crippen molar-refractivity contribution in [1.82, 2.24) is 14.8 Å². The Labute approximate surface area is 146 Å². The molecule has 2 aromatic rings. The third kappa shape index (κ3) is 3.60. The fourth-order valence-electron chi connectivity index (χ4n) is 2.90. The molecule has 1 aliphatic heterocycles. The van der Waals surface area contributed by atoms with Crippen molar-refractivity contribution in [3.63, 3.8) is 0 Å². The number of ether oxygens (including phenoxy) is 1. The molecule has 0 N–H and O–H groups in total. The van der Waals surface area contributed by atoms with Crippen LogP contribution in [0.4, 0.5) is 0 Å². The summed E-state index contributed by atoms with van der Waals surface area (Å²) in [5.41, 5.74) is 1.76. The van der Waals surface area contributed by atoms with Crippen LogP contribution in [0.15, 0.2) is 24.3 Å². The zero-order valence-corrected chi connectivity index (χ0v) is 15.2. The van der Waals surface area contributed by atoms with Crippen molar-refractivity contribution < 1.29 is 9.53 Å². The summed E-state index contributed by atoms with van der Waals surface area (Å²) in [6, 6.07) is 7.41. The smallest absolute Gasteiger partial charge is 0.257 e. The number of benzene rings is 1. The molecule has 2 heterocycles. The molecule has 1 aromatic heterocycles. The molecule has 0 spiro atoms. The van der Waals surface area contributed by atoms with Gasteiger partial charge in [0.25, 0.3) is 5.91 Å². The second kappa shape index (κ2) is 7.32. The lowest BCUT2D eigenvalue weighted by atomic mass is 10.1. The molecule has 24 heavy (non-hydrogen) atoms. The van der Waals surface area contributed by atoms with Gasteiger partial charge in [-0.3, -0.25) is 9.69 Å². The molecule has 1 amide bonds. The Kier molecular flexibility index (Phi) is 5.16. The maximum absolute atomic E-state index is 12.7. The van der Waals surface area contributed by atoms with Crippen molar-refractivity contribution in [2.45, 2.75) is 20.4 Å². The summed E-state index contributed by atoms with van der Waals surface area (Å²) in [5.74, 6) is 0.687. The highest BCUT2D eigenvalue weighted by Gasteiger charge is 2.24. The molecule has 1 saturated heterocycles. The average molecular weight is 345 g/mol. The number of carbonyl (C=O) groups excluding carboxylic acids is 1. The monoisotopic (exact) mass is 345 g/mol. The molecule has 128 valence electrons. The molecule has 0 saturated carbocycles. The van der Waals surface area contributed by atoms with Crippen molar-refractivity contribution in [3.8, 4) is 5.75 Å². The third-order valence-electron chi connectivity index (χ3n) is 4.43. The van der Waals surface area contributed by atoms with E-state index in [-0.39, 0.29) is 5.91 Å². The van der Waals surface area contributed by atoms with E-state index in [9.17, 15) is 4.79 Å². The van der Waals surface area contributed by atoms with Gasteiger partial charge in [-0.15, -0.1) is 11.3 Å². The Morgan fingerprint density at radius 1 is 1.21 bits per heavy atom. The molecule has 0 aliphatic carbocycles. The van der Waals surface area contributed by atoms with Gasteiger partial charge in [-0.25, -0.2) is 4.98 Å². The van der Waals surface area contributed by atoms with E-state index in [1.807, 2.05) is 29.2 Å². The maximum atomic E-state index is 12.7. The van der Waals surface area contributed by atoms with Crippen LogP contribution in [0.25, 0.3) is 0 Å². The molecule has 0 radical (unpaired) electrons. The third-order valence-corrected chi connectivity index (χ3v) is 5.49. The number of carbonyl (C=O) groups is 1. The lowest BCUT2D eigenvalue weighted by Gasteiger charge is -2.34. The zero-order chi connectivity index (χ0) is 17.1. The Hall–Kier alpha value is -1.92. The number of aryl methyl sites for hydroxylation is 2. The Morgan fingerprint density at radius 3 is 2.54 bits per heavy atom. The van der Waals surface area contributed by atoms with Crippen LogP contribution in [0.3, 0.4) is 0 Å². The second-order valence-corrected chi connectivity index (χ2v) is 7.31. The standard InChI is InChI=1S/C18H23N3O2S/c1-13-14(2)24-17(19-13)12-20-8-10-21(11-9-20)18(22)15-6-4-5-7-16(15)23-3/h4-7H,8-12H2,1-3H3. The molecule has 6 heteroatoms. The maximum Gasteiger partial charge on any atom is 0.257 e. The molecular formula is C18H23N3O2S. The van der Waals surface area contributed by atoms with E-state index in [2.05, 4.69) is 23.7 Å². The van der Waals surface area contributed by atoms with Gasteiger partial charge in [-0.05, 0) is 26.0 Å². The number of hydrogen-bond donors (Lipinski definition) is 0. The van der Waals surface area contributed by atoms with E-state index in [0.29, 0.717) is 11.3 Å². The predicted molar refractivity (Wildman–Crippen MR) is 95.8 cm³/mol. The van der Waals surface area contributed by atoms with Crippen LogP contribution in [0.2, 0.25) is 0 Å². The SMILES string of the molecule is COc1ccccc1C(=O)N1CCN(Cc2nc(C)c(C)s2)CC1. The zero-order valence-electron chi connectivity index (χ0n) is 14.4. The summed E-state index contributed by atoms with van der Waals surface area (Å²) in [7, 11) is 1.60. The number of methoxy groups -OCH3 is 1. The number of nitrogens with zero attached hydrogens (tertiary/aromatic N) is 3. The summed E-state index contributed by atoms with van der Waals surface area (Å²) in [6.07, 6.45) is 0. The number of piperazine rings is 1. The molecule has 0 bridgehead atoms. The molecule has 3 rings (SSSR count). The molecule has 0 unspecified atom stereocenters. The van der Waals surface area contributed by atoms with Crippen LogP contribution >= 0.6 is 11.3 Å². The predicted octanol–water partition coefficient (Wildman–Crippen LogP) is 2.73. The van der Waals surface area contributed by atoms with E-state index in [1.54, 1.807) is 18.4 Å². The largest absolute Gasteiger partial charge is 0.496 e. The summed E-state index contributed by atoms with van der Waals surface area (Å²) in [6.45, 7) is 8.26. The number of aromatic nitrogens is 1. The van der Waals surface area contributed by atoms with Crippen molar-refractivity contribution >= 4 is 17.2 Å². The van der Waals surface area contributed by atoms with Crippen LogP contribution in [0, 0.1) is 13.8 Å². The van der Waals surface area contributed by atoms with Crippen LogP contribution in [0.1, 0.15) is 25.9 Å². The first-order valence-electron chi connectivity index (χ1n) is 8.16. The van der Waals surface area contributed by atoms with Gasteiger partial charge in [0.1, 0.15) is 10.8 Å². The van der Waals surface area contributed by atoms with E-state index >= 15 is 0 Å². The molecule has 0 atom stereocenters. The lowest BCUT2D eigenvalue weighted by molar-refractivity contribution is 0.0625. The van der Waals surface area contributed by atoms with Gasteiger partial charge in [-0.2, -0.15) is 0 Å². The number of thiazole rings is 1. The molecular weight excluding hydrogens is 322 g/mol. The van der Waals surface area contributed by atoms with Gasteiger partial charge in [-0.1, -0.05) is 12.1 Å². The Bertz CT molecular complexity index is 701. The van der Waals surface area contributed by atoms with E-state index in [1.165, 1.54) is 4.88 Å². The van der Waals surface area contributed by atoms with Gasteiger partial charge in [0.15, 0.2) is 0 Å². The fourth-order valence-corrected chi connectivity index (χ4v) is 3.88. The van der Waals surface area contributed by atoms with Crippen molar-refractivity contribution in [2.75, 3.05) is 33.3 Å². The minimum absolute atomic E-state index is 0.0491. The first kappa shape index (κ1) is 16.9. The first-order chi connectivity index (χ1) is 11.6. The van der Waals surface area contributed by atoms with Crippen LogP contribution < -0.4 is 4.74 Å². The van der Waals surface area contributed by atoms with Crippen LogP contribution in [-0.2, 0) is 6.54 Å². The number of hydrogen-bond acceptors (Lipinski definition) is 5. The Balaban J connectivity index is 1.59. The highest BCUT2D eigenvalue weighted by atomic mass is 32.1. The minimum Gasteiger partial charge on any atom is -0.496 e. The number of amides is 1. The molecule has 1 aliphatic rings. The van der Waals surface area contributed by atoms with Crippen LogP contribution in [0.5, 0.6) is 5.75 Å².